The van der Waals surface area contributed by atoms with Crippen LogP contribution in [0.3, 0.4) is 0 Å². The van der Waals surface area contributed by atoms with Crippen molar-refractivity contribution in [2.45, 2.75) is 64.7 Å². The fraction of sp³-hybridized carbons (Fsp3) is 0.440. The second kappa shape index (κ2) is 9.60. The third-order valence-corrected chi connectivity index (χ3v) is 6.04. The van der Waals surface area contributed by atoms with Crippen LogP contribution < -0.4 is 17.1 Å². The summed E-state index contributed by atoms with van der Waals surface area (Å²) in [5, 5.41) is 0. The lowest BCUT2D eigenvalue weighted by molar-refractivity contribution is -0.133. The molecule has 33 heavy (non-hydrogen) atoms. The molecule has 1 unspecified atom stereocenters. The van der Waals surface area contributed by atoms with Crippen molar-refractivity contribution in [3.05, 3.63) is 92.2 Å². The number of allylic oxidation sites excluding steroid dienone is 2. The first kappa shape index (κ1) is 24.2. The van der Waals surface area contributed by atoms with Crippen molar-refractivity contribution in [3.63, 3.8) is 0 Å². The number of benzene rings is 1. The summed E-state index contributed by atoms with van der Waals surface area (Å²) in [7, 11) is 0. The third-order valence-electron chi connectivity index (χ3n) is 6.04. The molecule has 2 heterocycles. The van der Waals surface area contributed by atoms with E-state index in [1.165, 1.54) is 17.7 Å². The van der Waals surface area contributed by atoms with Crippen LogP contribution in [0.5, 0.6) is 0 Å². The fourth-order valence-electron chi connectivity index (χ4n) is 4.23. The van der Waals surface area contributed by atoms with E-state index in [9.17, 15) is 19.2 Å². The van der Waals surface area contributed by atoms with E-state index >= 15 is 0 Å². The van der Waals surface area contributed by atoms with Gasteiger partial charge in [-0.2, -0.15) is 0 Å². The molecule has 0 spiro atoms. The van der Waals surface area contributed by atoms with Crippen LogP contribution in [0.1, 0.15) is 50.8 Å². The summed E-state index contributed by atoms with van der Waals surface area (Å²) in [5.74, 6) is -0.328. The van der Waals surface area contributed by atoms with Gasteiger partial charge in [0.1, 0.15) is 6.54 Å². The molecule has 1 aromatic heterocycles. The Balaban J connectivity index is 1.94. The van der Waals surface area contributed by atoms with E-state index in [0.29, 0.717) is 6.54 Å². The Labute approximate surface area is 193 Å². The first-order valence-corrected chi connectivity index (χ1v) is 11.2. The maximum absolute atomic E-state index is 13.2. The highest BCUT2D eigenvalue weighted by Crippen LogP contribution is 2.33. The highest BCUT2D eigenvalue weighted by molar-refractivity contribution is 5.76. The van der Waals surface area contributed by atoms with Crippen molar-refractivity contribution in [1.29, 1.82) is 0 Å². The number of amides is 1. The molecule has 0 N–H and O–H groups in total. The zero-order valence-electron chi connectivity index (χ0n) is 19.6. The number of hydrogen-bond acceptors (Lipinski definition) is 4. The fourth-order valence-corrected chi connectivity index (χ4v) is 4.23. The van der Waals surface area contributed by atoms with Gasteiger partial charge in [0, 0.05) is 6.54 Å². The van der Waals surface area contributed by atoms with Crippen molar-refractivity contribution in [3.8, 4) is 0 Å². The molecule has 0 saturated carbocycles. The van der Waals surface area contributed by atoms with Crippen LogP contribution in [0, 0.1) is 0 Å². The van der Waals surface area contributed by atoms with Crippen molar-refractivity contribution < 1.29 is 4.79 Å². The number of aromatic nitrogens is 3. The van der Waals surface area contributed by atoms with E-state index in [0.717, 1.165) is 32.1 Å². The Bertz CT molecular complexity index is 1180. The normalized spacial score (nSPS) is 16.1. The monoisotopic (exact) mass is 452 g/mol. The van der Waals surface area contributed by atoms with Crippen molar-refractivity contribution >= 4 is 5.91 Å². The Morgan fingerprint density at radius 2 is 1.45 bits per heavy atom. The Morgan fingerprint density at radius 1 is 0.939 bits per heavy atom. The SMILES string of the molecule is C=CCn1c(=O)n(CC=C)c(=O)n(CC(=O)N2CCCC2c2ccc(C(C)(C)C)cc2)c1=O. The minimum absolute atomic E-state index is 0.0325. The molecule has 1 amide bonds. The van der Waals surface area contributed by atoms with Crippen molar-refractivity contribution in [2.75, 3.05) is 6.54 Å². The topological polar surface area (TPSA) is 86.3 Å². The summed E-state index contributed by atoms with van der Waals surface area (Å²) in [6.07, 6.45) is 4.44. The summed E-state index contributed by atoms with van der Waals surface area (Å²) < 4.78 is 2.63. The Kier molecular flexibility index (Phi) is 7.05. The van der Waals surface area contributed by atoms with Crippen LogP contribution in [-0.4, -0.2) is 31.1 Å². The second-order valence-electron chi connectivity index (χ2n) is 9.35. The van der Waals surface area contributed by atoms with Crippen LogP contribution >= 0.6 is 0 Å². The summed E-state index contributed by atoms with van der Waals surface area (Å²) in [4.78, 5) is 53.2. The maximum atomic E-state index is 13.2. The standard InChI is InChI=1S/C25H32N4O4/c1-6-14-27-22(31)28(15-7-2)24(33)29(23(27)32)17-21(30)26-16-8-9-20(26)18-10-12-19(13-11-18)25(3,4)5/h6-7,10-13,20H,1-2,8-9,14-17H2,3-5H3. The van der Waals surface area contributed by atoms with Gasteiger partial charge < -0.3 is 4.90 Å². The van der Waals surface area contributed by atoms with Crippen molar-refractivity contribution in [2.24, 2.45) is 0 Å². The Hall–Kier alpha value is -3.42. The molecule has 176 valence electrons. The largest absolute Gasteiger partial charge is 0.337 e. The zero-order chi connectivity index (χ0) is 24.3. The minimum atomic E-state index is -0.816. The quantitative estimate of drug-likeness (QED) is 0.603. The summed E-state index contributed by atoms with van der Waals surface area (Å²) >= 11 is 0. The molecule has 0 bridgehead atoms. The highest BCUT2D eigenvalue weighted by atomic mass is 16.2. The molecule has 0 radical (unpaired) electrons. The molecule has 1 atom stereocenters. The number of nitrogens with zero attached hydrogens (tertiary/aromatic N) is 4. The van der Waals surface area contributed by atoms with Gasteiger partial charge >= 0.3 is 17.1 Å². The smallest absolute Gasteiger partial charge is 0.334 e. The van der Waals surface area contributed by atoms with Gasteiger partial charge in [-0.1, -0.05) is 57.2 Å². The molecule has 0 aliphatic carbocycles. The Morgan fingerprint density at radius 3 is 1.94 bits per heavy atom. The maximum Gasteiger partial charge on any atom is 0.337 e. The molecule has 1 fully saturated rings. The van der Waals surface area contributed by atoms with Crippen LogP contribution in [0.2, 0.25) is 0 Å². The van der Waals surface area contributed by atoms with E-state index in [1.807, 2.05) is 12.1 Å². The lowest BCUT2D eigenvalue weighted by Gasteiger charge is -2.26. The van der Waals surface area contributed by atoms with E-state index in [2.05, 4.69) is 46.1 Å². The predicted octanol–water partition coefficient (Wildman–Crippen LogP) is 2.20. The van der Waals surface area contributed by atoms with Gasteiger partial charge in [0.2, 0.25) is 5.91 Å². The van der Waals surface area contributed by atoms with Gasteiger partial charge in [0.05, 0.1) is 19.1 Å². The molecular formula is C25H32N4O4. The molecule has 8 nitrogen and oxygen atoms in total. The molecule has 2 aromatic rings. The lowest BCUT2D eigenvalue weighted by atomic mass is 9.86. The molecule has 8 heteroatoms. The van der Waals surface area contributed by atoms with Gasteiger partial charge in [-0.05, 0) is 29.4 Å². The third kappa shape index (κ3) is 4.84. The number of carbonyl (C=O) groups is 1. The predicted molar refractivity (Wildman–Crippen MR) is 128 cm³/mol. The summed E-state index contributed by atoms with van der Waals surface area (Å²) in [5.41, 5.74) is -0.105. The molecule has 1 aliphatic heterocycles. The average molecular weight is 453 g/mol. The molecule has 1 aromatic carbocycles. The van der Waals surface area contributed by atoms with Gasteiger partial charge in [0.15, 0.2) is 0 Å². The van der Waals surface area contributed by atoms with Crippen LogP contribution in [0.15, 0.2) is 64.0 Å². The number of likely N-dealkylation sites (tertiary alicyclic amines) is 1. The van der Waals surface area contributed by atoms with Crippen molar-refractivity contribution in [1.82, 2.24) is 18.6 Å². The van der Waals surface area contributed by atoms with E-state index in [1.54, 1.807) is 4.90 Å². The van der Waals surface area contributed by atoms with E-state index in [-0.39, 0.29) is 30.5 Å². The average Bonchev–Trinajstić information content (AvgIpc) is 3.27. The molecule has 3 rings (SSSR count). The van der Waals surface area contributed by atoms with Crippen LogP contribution in [0.4, 0.5) is 0 Å². The van der Waals surface area contributed by atoms with E-state index < -0.39 is 23.6 Å². The van der Waals surface area contributed by atoms with Gasteiger partial charge in [0.25, 0.3) is 0 Å². The zero-order valence-corrected chi connectivity index (χ0v) is 19.6. The summed E-state index contributed by atoms with van der Waals surface area (Å²) in [6.45, 7) is 13.6. The molecule has 1 saturated heterocycles. The summed E-state index contributed by atoms with van der Waals surface area (Å²) in [6, 6.07) is 8.14. The van der Waals surface area contributed by atoms with Gasteiger partial charge in [-0.15, -0.1) is 13.2 Å². The second-order valence-corrected chi connectivity index (χ2v) is 9.35. The van der Waals surface area contributed by atoms with Crippen LogP contribution in [0.25, 0.3) is 0 Å². The van der Waals surface area contributed by atoms with Crippen LogP contribution in [-0.2, 0) is 29.8 Å². The van der Waals surface area contributed by atoms with Gasteiger partial charge in [-0.3, -0.25) is 4.79 Å². The van der Waals surface area contributed by atoms with E-state index in [4.69, 9.17) is 0 Å². The number of rotatable bonds is 7. The highest BCUT2D eigenvalue weighted by Gasteiger charge is 2.31. The lowest BCUT2D eigenvalue weighted by Crippen LogP contribution is -2.55. The first-order valence-electron chi connectivity index (χ1n) is 11.2. The minimum Gasteiger partial charge on any atom is -0.334 e. The molecular weight excluding hydrogens is 420 g/mol. The number of carbonyl (C=O) groups excluding carboxylic acids is 1. The molecule has 1 aliphatic rings. The van der Waals surface area contributed by atoms with Gasteiger partial charge in [-0.25, -0.2) is 28.1 Å². The first-order chi connectivity index (χ1) is 15.6. The number of hydrogen-bond donors (Lipinski definition) is 0.